The number of nitriles is 1. The van der Waals surface area contributed by atoms with Gasteiger partial charge in [0.2, 0.25) is 0 Å². The largest absolute Gasteiger partial charge is 0.481 e. The number of hydrogen-bond acceptors (Lipinski definition) is 5. The Bertz CT molecular complexity index is 596. The van der Waals surface area contributed by atoms with Gasteiger partial charge in [-0.15, -0.1) is 0 Å². The first kappa shape index (κ1) is 17.1. The van der Waals surface area contributed by atoms with Crippen molar-refractivity contribution in [1.29, 1.82) is 5.26 Å². The number of rotatable bonds is 7. The number of carbonyl (C=O) groups is 3. The molecule has 0 bridgehead atoms. The molecule has 1 amide bonds. The molecule has 0 aliphatic rings. The van der Waals surface area contributed by atoms with E-state index in [9.17, 15) is 19.5 Å². The van der Waals surface area contributed by atoms with E-state index in [1.54, 1.807) is 30.3 Å². The molecule has 0 heterocycles. The summed E-state index contributed by atoms with van der Waals surface area (Å²) < 4.78 is 0. The molecule has 0 aromatic heterocycles. The fourth-order valence-electron chi connectivity index (χ4n) is 1.85. The van der Waals surface area contributed by atoms with Crippen LogP contribution in [-0.4, -0.2) is 45.0 Å². The Labute approximate surface area is 126 Å². The number of hydrogen-bond donors (Lipinski definition) is 3. The minimum absolute atomic E-state index is 0.0880. The Kier molecular flexibility index (Phi) is 6.04. The van der Waals surface area contributed by atoms with Gasteiger partial charge in [-0.2, -0.15) is 5.26 Å². The number of aliphatic carboxylic acids is 2. The molecule has 0 saturated carbocycles. The minimum atomic E-state index is -1.48. The Balaban J connectivity index is 2.96. The average Bonchev–Trinajstić information content (AvgIpc) is 2.47. The van der Waals surface area contributed by atoms with Crippen LogP contribution in [0.4, 0.5) is 0 Å². The fraction of sp³-hybridized carbons (Fsp3) is 0.286. The molecule has 2 atom stereocenters. The predicted octanol–water partition coefficient (Wildman–Crippen LogP) is -0.206. The van der Waals surface area contributed by atoms with Crippen LogP contribution in [0.1, 0.15) is 12.0 Å². The van der Waals surface area contributed by atoms with Crippen molar-refractivity contribution < 1.29 is 24.6 Å². The van der Waals surface area contributed by atoms with Gasteiger partial charge < -0.3 is 15.9 Å². The average molecular weight is 305 g/mol. The molecule has 0 spiro atoms. The highest BCUT2D eigenvalue weighted by Gasteiger charge is 2.33. The summed E-state index contributed by atoms with van der Waals surface area (Å²) >= 11 is 0. The van der Waals surface area contributed by atoms with Crippen molar-refractivity contribution in [1.82, 2.24) is 4.90 Å². The lowest BCUT2D eigenvalue weighted by atomic mass is 10.0. The quantitative estimate of drug-likeness (QED) is 0.467. The molecule has 0 aliphatic carbocycles. The zero-order valence-electron chi connectivity index (χ0n) is 11.5. The van der Waals surface area contributed by atoms with Gasteiger partial charge in [0.15, 0.2) is 6.19 Å². The van der Waals surface area contributed by atoms with E-state index in [0.29, 0.717) is 10.5 Å². The van der Waals surface area contributed by atoms with Crippen molar-refractivity contribution >= 4 is 17.8 Å². The van der Waals surface area contributed by atoms with E-state index in [1.165, 1.54) is 6.19 Å². The van der Waals surface area contributed by atoms with E-state index in [0.717, 1.165) is 0 Å². The molecule has 8 heteroatoms. The molecule has 116 valence electrons. The Morgan fingerprint density at radius 2 is 1.82 bits per heavy atom. The van der Waals surface area contributed by atoms with Crippen molar-refractivity contribution in [2.24, 2.45) is 5.73 Å². The van der Waals surface area contributed by atoms with Gasteiger partial charge in [0.1, 0.15) is 6.04 Å². The van der Waals surface area contributed by atoms with Gasteiger partial charge in [0.25, 0.3) is 5.91 Å². The van der Waals surface area contributed by atoms with Gasteiger partial charge in [-0.1, -0.05) is 30.3 Å². The van der Waals surface area contributed by atoms with Crippen LogP contribution in [0.3, 0.4) is 0 Å². The SMILES string of the molecule is N#CN(C(=O)[C@@H](N)CC(=O)O)[C@@H](Cc1ccccc1)C(=O)O. The molecule has 0 radical (unpaired) electrons. The Hall–Kier alpha value is -2.92. The number of nitrogens with zero attached hydrogens (tertiary/aromatic N) is 2. The maximum Gasteiger partial charge on any atom is 0.328 e. The number of nitrogens with two attached hydrogens (primary N) is 1. The molecule has 0 unspecified atom stereocenters. The Morgan fingerprint density at radius 3 is 2.27 bits per heavy atom. The van der Waals surface area contributed by atoms with Crippen LogP contribution in [0.25, 0.3) is 0 Å². The summed E-state index contributed by atoms with van der Waals surface area (Å²) in [4.78, 5) is 34.3. The van der Waals surface area contributed by atoms with E-state index >= 15 is 0 Å². The van der Waals surface area contributed by atoms with Crippen molar-refractivity contribution in [2.75, 3.05) is 0 Å². The van der Waals surface area contributed by atoms with Gasteiger partial charge in [-0.05, 0) is 5.56 Å². The lowest BCUT2D eigenvalue weighted by molar-refractivity contribution is -0.148. The van der Waals surface area contributed by atoms with E-state index in [2.05, 4.69) is 0 Å². The molecular formula is C14H15N3O5. The van der Waals surface area contributed by atoms with E-state index < -0.39 is 36.4 Å². The smallest absolute Gasteiger partial charge is 0.328 e. The lowest BCUT2D eigenvalue weighted by Gasteiger charge is -2.24. The molecule has 22 heavy (non-hydrogen) atoms. The molecule has 0 aliphatic heterocycles. The van der Waals surface area contributed by atoms with Gasteiger partial charge in [-0.3, -0.25) is 9.59 Å². The van der Waals surface area contributed by atoms with E-state index in [-0.39, 0.29) is 6.42 Å². The number of carboxylic acid groups (broad SMARTS) is 2. The molecular weight excluding hydrogens is 290 g/mol. The second-order valence-electron chi connectivity index (χ2n) is 4.56. The summed E-state index contributed by atoms with van der Waals surface area (Å²) in [5.41, 5.74) is 6.03. The second kappa shape index (κ2) is 7.75. The topological polar surface area (TPSA) is 145 Å². The summed E-state index contributed by atoms with van der Waals surface area (Å²) in [5, 5.41) is 26.9. The first-order valence-corrected chi connectivity index (χ1v) is 6.33. The number of amides is 1. The van der Waals surface area contributed by atoms with Crippen molar-refractivity contribution in [2.45, 2.75) is 24.9 Å². The summed E-state index contributed by atoms with van der Waals surface area (Å²) in [5.74, 6) is -3.72. The van der Waals surface area contributed by atoms with Crippen LogP contribution in [0, 0.1) is 11.5 Å². The summed E-state index contributed by atoms with van der Waals surface area (Å²) in [6, 6.07) is 5.54. The standard InChI is InChI=1S/C14H15N3O5/c15-8-17(13(20)10(16)7-12(18)19)11(14(21)22)6-9-4-2-1-3-5-9/h1-5,10-11H,6-7,16H2,(H,18,19)(H,21,22)/t10-,11-/m0/s1. The highest BCUT2D eigenvalue weighted by molar-refractivity contribution is 5.90. The summed E-state index contributed by atoms with van der Waals surface area (Å²) in [7, 11) is 0. The number of carboxylic acids is 2. The highest BCUT2D eigenvalue weighted by atomic mass is 16.4. The third-order valence-corrected chi connectivity index (χ3v) is 2.93. The zero-order valence-corrected chi connectivity index (χ0v) is 11.5. The number of carbonyl (C=O) groups excluding carboxylic acids is 1. The summed E-state index contributed by atoms with van der Waals surface area (Å²) in [6.07, 6.45) is 0.714. The van der Waals surface area contributed by atoms with Crippen LogP contribution in [-0.2, 0) is 20.8 Å². The minimum Gasteiger partial charge on any atom is -0.481 e. The monoisotopic (exact) mass is 305 g/mol. The third kappa shape index (κ3) is 4.57. The van der Waals surface area contributed by atoms with Crippen molar-refractivity contribution in [3.8, 4) is 6.19 Å². The Morgan fingerprint density at radius 1 is 1.23 bits per heavy atom. The van der Waals surface area contributed by atoms with Crippen molar-refractivity contribution in [3.63, 3.8) is 0 Å². The molecule has 1 aromatic rings. The first-order chi connectivity index (χ1) is 10.4. The van der Waals surface area contributed by atoms with Gasteiger partial charge in [0, 0.05) is 6.42 Å². The highest BCUT2D eigenvalue weighted by Crippen LogP contribution is 2.11. The molecule has 1 aromatic carbocycles. The molecule has 0 fully saturated rings. The van der Waals surface area contributed by atoms with E-state index in [1.807, 2.05) is 0 Å². The molecule has 1 rings (SSSR count). The zero-order chi connectivity index (χ0) is 16.7. The van der Waals surface area contributed by atoms with Gasteiger partial charge in [0.05, 0.1) is 12.5 Å². The lowest BCUT2D eigenvalue weighted by Crippen LogP contribution is -2.50. The van der Waals surface area contributed by atoms with Crippen molar-refractivity contribution in [3.05, 3.63) is 35.9 Å². The van der Waals surface area contributed by atoms with Crippen LogP contribution in [0.2, 0.25) is 0 Å². The van der Waals surface area contributed by atoms with Gasteiger partial charge >= 0.3 is 11.9 Å². The number of benzene rings is 1. The molecule has 8 nitrogen and oxygen atoms in total. The molecule has 4 N–H and O–H groups in total. The van der Waals surface area contributed by atoms with Crippen LogP contribution < -0.4 is 5.73 Å². The predicted molar refractivity (Wildman–Crippen MR) is 74.3 cm³/mol. The van der Waals surface area contributed by atoms with E-state index in [4.69, 9.17) is 16.1 Å². The third-order valence-electron chi connectivity index (χ3n) is 2.93. The first-order valence-electron chi connectivity index (χ1n) is 6.33. The normalized spacial score (nSPS) is 12.7. The van der Waals surface area contributed by atoms with Crippen LogP contribution in [0.15, 0.2) is 30.3 Å². The molecule has 0 saturated heterocycles. The van der Waals surface area contributed by atoms with Crippen LogP contribution >= 0.6 is 0 Å². The fourth-order valence-corrected chi connectivity index (χ4v) is 1.85. The summed E-state index contributed by atoms with van der Waals surface area (Å²) in [6.45, 7) is 0. The van der Waals surface area contributed by atoms with Gasteiger partial charge in [-0.25, -0.2) is 9.69 Å². The van der Waals surface area contributed by atoms with Crippen LogP contribution in [0.5, 0.6) is 0 Å². The maximum absolute atomic E-state index is 12.0. The maximum atomic E-state index is 12.0. The second-order valence-corrected chi connectivity index (χ2v) is 4.56.